The number of rotatable bonds is 3. The molecule has 0 bridgehead atoms. The van der Waals surface area contributed by atoms with E-state index in [1.165, 1.54) is 6.07 Å². The Labute approximate surface area is 120 Å². The summed E-state index contributed by atoms with van der Waals surface area (Å²) in [7, 11) is 0. The van der Waals surface area contributed by atoms with Gasteiger partial charge < -0.3 is 15.8 Å². The third-order valence-corrected chi connectivity index (χ3v) is 3.53. The van der Waals surface area contributed by atoms with Gasteiger partial charge in [-0.2, -0.15) is 13.2 Å². The first kappa shape index (κ1) is 15.8. The maximum Gasteiger partial charge on any atom is 0.416 e. The Morgan fingerprint density at radius 1 is 1.43 bits per heavy atom. The van der Waals surface area contributed by atoms with Gasteiger partial charge in [-0.15, -0.1) is 0 Å². The lowest BCUT2D eigenvalue weighted by Gasteiger charge is -2.19. The highest BCUT2D eigenvalue weighted by molar-refractivity contribution is 5.80. The van der Waals surface area contributed by atoms with Crippen LogP contribution in [0.5, 0.6) is 0 Å². The van der Waals surface area contributed by atoms with Crippen molar-refractivity contribution in [2.45, 2.75) is 25.2 Å². The molecule has 0 spiro atoms. The Hall–Kier alpha value is -1.60. The molecule has 1 aliphatic heterocycles. The molecule has 2 rings (SSSR count). The van der Waals surface area contributed by atoms with Gasteiger partial charge in [-0.25, -0.2) is 0 Å². The lowest BCUT2D eigenvalue weighted by atomic mass is 10.0. The summed E-state index contributed by atoms with van der Waals surface area (Å²) < 4.78 is 43.1. The number of ether oxygens (including phenoxy) is 1. The van der Waals surface area contributed by atoms with Crippen LogP contribution in [-0.4, -0.2) is 25.2 Å². The molecule has 0 radical (unpaired) electrons. The van der Waals surface area contributed by atoms with Crippen LogP contribution in [0.1, 0.15) is 24.1 Å². The minimum absolute atomic E-state index is 0.238. The summed E-state index contributed by atoms with van der Waals surface area (Å²) in [6, 6.07) is 4.00. The van der Waals surface area contributed by atoms with Crippen molar-refractivity contribution in [3.63, 3.8) is 0 Å². The van der Waals surface area contributed by atoms with Crippen LogP contribution >= 0.6 is 0 Å². The van der Waals surface area contributed by atoms with Gasteiger partial charge in [0.25, 0.3) is 0 Å². The van der Waals surface area contributed by atoms with Gasteiger partial charge in [-0.05, 0) is 24.6 Å². The van der Waals surface area contributed by atoms with Crippen molar-refractivity contribution in [3.05, 3.63) is 35.4 Å². The summed E-state index contributed by atoms with van der Waals surface area (Å²) in [5.41, 5.74) is 5.40. The molecular formula is C14H17F3N2O2. The van der Waals surface area contributed by atoms with E-state index >= 15 is 0 Å². The second-order valence-electron chi connectivity index (χ2n) is 5.16. The Kier molecular flexibility index (Phi) is 4.53. The SMILES string of the molecule is CC(NC(=O)C1COCC1N)c1cccc(C(F)(F)F)c1. The summed E-state index contributed by atoms with van der Waals surface area (Å²) in [5.74, 6) is -0.761. The molecule has 7 heteroatoms. The maximum absolute atomic E-state index is 12.7. The summed E-state index contributed by atoms with van der Waals surface area (Å²) in [5, 5.41) is 2.68. The van der Waals surface area contributed by atoms with Gasteiger partial charge >= 0.3 is 6.18 Å². The van der Waals surface area contributed by atoms with Crippen molar-refractivity contribution in [3.8, 4) is 0 Å². The van der Waals surface area contributed by atoms with Crippen molar-refractivity contribution < 1.29 is 22.7 Å². The fraction of sp³-hybridized carbons (Fsp3) is 0.500. The molecule has 0 aliphatic carbocycles. The molecule has 1 heterocycles. The molecule has 1 aliphatic rings. The topological polar surface area (TPSA) is 64.3 Å². The quantitative estimate of drug-likeness (QED) is 0.895. The number of benzene rings is 1. The number of carbonyl (C=O) groups is 1. The van der Waals surface area contributed by atoms with Crippen LogP contribution in [0.3, 0.4) is 0 Å². The van der Waals surface area contributed by atoms with Crippen LogP contribution < -0.4 is 11.1 Å². The second kappa shape index (κ2) is 6.03. The number of nitrogens with two attached hydrogens (primary N) is 1. The molecule has 1 aromatic carbocycles. The number of amides is 1. The zero-order valence-electron chi connectivity index (χ0n) is 11.5. The minimum Gasteiger partial charge on any atom is -0.379 e. The number of hydrogen-bond acceptors (Lipinski definition) is 3. The molecule has 3 N–H and O–H groups in total. The van der Waals surface area contributed by atoms with Crippen molar-refractivity contribution in [1.82, 2.24) is 5.32 Å². The van der Waals surface area contributed by atoms with Gasteiger partial charge in [-0.1, -0.05) is 12.1 Å². The normalized spacial score (nSPS) is 23.9. The van der Waals surface area contributed by atoms with E-state index in [-0.39, 0.29) is 18.6 Å². The number of halogens is 3. The predicted octanol–water partition coefficient (Wildman–Crippen LogP) is 1.86. The number of alkyl halides is 3. The molecule has 1 saturated heterocycles. The molecule has 21 heavy (non-hydrogen) atoms. The standard InChI is InChI=1S/C14H17F3N2O2/c1-8(19-13(20)11-6-21-7-12(11)18)9-3-2-4-10(5-9)14(15,16)17/h2-5,8,11-12H,6-7,18H2,1H3,(H,19,20). The average Bonchev–Trinajstić information content (AvgIpc) is 2.84. The Morgan fingerprint density at radius 3 is 2.71 bits per heavy atom. The maximum atomic E-state index is 12.7. The lowest BCUT2D eigenvalue weighted by Crippen LogP contribution is -2.41. The fourth-order valence-corrected chi connectivity index (χ4v) is 2.23. The lowest BCUT2D eigenvalue weighted by molar-refractivity contribution is -0.137. The third kappa shape index (κ3) is 3.74. The molecule has 1 fully saturated rings. The van der Waals surface area contributed by atoms with Gasteiger partial charge in [0.15, 0.2) is 0 Å². The van der Waals surface area contributed by atoms with E-state index in [0.717, 1.165) is 12.1 Å². The van der Waals surface area contributed by atoms with E-state index in [1.54, 1.807) is 13.0 Å². The van der Waals surface area contributed by atoms with Crippen molar-refractivity contribution in [1.29, 1.82) is 0 Å². The number of nitrogens with one attached hydrogen (secondary N) is 1. The highest BCUT2D eigenvalue weighted by atomic mass is 19.4. The Bertz CT molecular complexity index is 519. The van der Waals surface area contributed by atoms with Crippen molar-refractivity contribution >= 4 is 5.91 Å². The molecule has 0 saturated carbocycles. The zero-order valence-corrected chi connectivity index (χ0v) is 11.5. The molecule has 3 unspecified atom stereocenters. The molecule has 0 aromatic heterocycles. The average molecular weight is 302 g/mol. The smallest absolute Gasteiger partial charge is 0.379 e. The van der Waals surface area contributed by atoms with E-state index < -0.39 is 23.7 Å². The van der Waals surface area contributed by atoms with Gasteiger partial charge in [-0.3, -0.25) is 4.79 Å². The summed E-state index contributed by atoms with van der Waals surface area (Å²) in [6.07, 6.45) is -4.40. The third-order valence-electron chi connectivity index (χ3n) is 3.53. The van der Waals surface area contributed by atoms with E-state index in [2.05, 4.69) is 5.32 Å². The molecular weight excluding hydrogens is 285 g/mol. The molecule has 1 aromatic rings. The molecule has 4 nitrogen and oxygen atoms in total. The van der Waals surface area contributed by atoms with Crippen LogP contribution in [0.4, 0.5) is 13.2 Å². The summed E-state index contributed by atoms with van der Waals surface area (Å²) in [6.45, 7) is 2.19. The van der Waals surface area contributed by atoms with E-state index in [4.69, 9.17) is 10.5 Å². The second-order valence-corrected chi connectivity index (χ2v) is 5.16. The van der Waals surface area contributed by atoms with Crippen LogP contribution in [-0.2, 0) is 15.7 Å². The van der Waals surface area contributed by atoms with Gasteiger partial charge in [0, 0.05) is 6.04 Å². The highest BCUT2D eigenvalue weighted by Crippen LogP contribution is 2.30. The predicted molar refractivity (Wildman–Crippen MR) is 70.3 cm³/mol. The number of carbonyl (C=O) groups excluding carboxylic acids is 1. The van der Waals surface area contributed by atoms with Gasteiger partial charge in [0.2, 0.25) is 5.91 Å². The highest BCUT2D eigenvalue weighted by Gasteiger charge is 2.33. The summed E-state index contributed by atoms with van der Waals surface area (Å²) in [4.78, 5) is 12.0. The first-order chi connectivity index (χ1) is 9.79. The van der Waals surface area contributed by atoms with Gasteiger partial charge in [0.05, 0.1) is 30.7 Å². The van der Waals surface area contributed by atoms with Crippen molar-refractivity contribution in [2.24, 2.45) is 11.7 Å². The van der Waals surface area contributed by atoms with Crippen molar-refractivity contribution in [2.75, 3.05) is 13.2 Å². The van der Waals surface area contributed by atoms with Crippen LogP contribution in [0.25, 0.3) is 0 Å². The first-order valence-corrected chi connectivity index (χ1v) is 6.60. The fourth-order valence-electron chi connectivity index (χ4n) is 2.23. The molecule has 116 valence electrons. The minimum atomic E-state index is -4.40. The zero-order chi connectivity index (χ0) is 15.6. The van der Waals surface area contributed by atoms with E-state index in [0.29, 0.717) is 12.2 Å². The number of hydrogen-bond donors (Lipinski definition) is 2. The first-order valence-electron chi connectivity index (χ1n) is 6.60. The monoisotopic (exact) mass is 302 g/mol. The summed E-state index contributed by atoms with van der Waals surface area (Å²) >= 11 is 0. The largest absolute Gasteiger partial charge is 0.416 e. The van der Waals surface area contributed by atoms with E-state index in [9.17, 15) is 18.0 Å². The van der Waals surface area contributed by atoms with Crippen LogP contribution in [0.15, 0.2) is 24.3 Å². The van der Waals surface area contributed by atoms with Crippen LogP contribution in [0, 0.1) is 5.92 Å². The molecule has 1 amide bonds. The van der Waals surface area contributed by atoms with Gasteiger partial charge in [0.1, 0.15) is 0 Å². The van der Waals surface area contributed by atoms with Crippen LogP contribution in [0.2, 0.25) is 0 Å². The Balaban J connectivity index is 2.06. The van der Waals surface area contributed by atoms with E-state index in [1.807, 2.05) is 0 Å². The molecule has 3 atom stereocenters. The Morgan fingerprint density at radius 2 is 2.14 bits per heavy atom.